The van der Waals surface area contributed by atoms with Crippen molar-refractivity contribution in [3.8, 4) is 0 Å². The number of hydrogen-bond acceptors (Lipinski definition) is 4. The first-order valence-corrected chi connectivity index (χ1v) is 6.25. The number of amides is 1. The highest BCUT2D eigenvalue weighted by atomic mass is 16.6. The van der Waals surface area contributed by atoms with E-state index in [4.69, 9.17) is 0 Å². The maximum Gasteiger partial charge on any atom is 0.269 e. The zero-order chi connectivity index (χ0) is 14.4. The number of aryl methyl sites for hydroxylation is 1. The van der Waals surface area contributed by atoms with Crippen LogP contribution in [0.5, 0.6) is 0 Å². The van der Waals surface area contributed by atoms with E-state index in [2.05, 4.69) is 10.6 Å². The Labute approximate surface area is 112 Å². The molecular weight excluding hydrogens is 246 g/mol. The van der Waals surface area contributed by atoms with Gasteiger partial charge in [-0.05, 0) is 31.9 Å². The molecular formula is C13H19N3O3. The number of hydrogen-bond donors (Lipinski definition) is 2. The van der Waals surface area contributed by atoms with Gasteiger partial charge in [-0.15, -0.1) is 0 Å². The Kier molecular flexibility index (Phi) is 5.29. The van der Waals surface area contributed by atoms with Crippen LogP contribution in [-0.4, -0.2) is 23.4 Å². The fourth-order valence-corrected chi connectivity index (χ4v) is 1.62. The highest BCUT2D eigenvalue weighted by molar-refractivity contribution is 5.84. The number of anilines is 1. The van der Waals surface area contributed by atoms with Gasteiger partial charge in [0.1, 0.15) is 6.04 Å². The second-order valence-corrected chi connectivity index (χ2v) is 4.41. The Bertz CT molecular complexity index is 474. The van der Waals surface area contributed by atoms with E-state index in [9.17, 15) is 14.9 Å². The van der Waals surface area contributed by atoms with Gasteiger partial charge in [-0.1, -0.05) is 6.92 Å². The third kappa shape index (κ3) is 4.24. The number of benzene rings is 1. The first-order chi connectivity index (χ1) is 8.95. The van der Waals surface area contributed by atoms with E-state index in [0.29, 0.717) is 6.54 Å². The highest BCUT2D eigenvalue weighted by Gasteiger charge is 2.14. The van der Waals surface area contributed by atoms with Crippen LogP contribution in [0, 0.1) is 17.0 Å². The number of nitro benzene ring substituents is 1. The predicted molar refractivity (Wildman–Crippen MR) is 74.2 cm³/mol. The van der Waals surface area contributed by atoms with Gasteiger partial charge in [0.05, 0.1) is 4.92 Å². The van der Waals surface area contributed by atoms with Crippen molar-refractivity contribution in [2.45, 2.75) is 33.2 Å². The number of carbonyl (C=O) groups excluding carboxylic acids is 1. The van der Waals surface area contributed by atoms with E-state index >= 15 is 0 Å². The standard InChI is InChI=1S/C13H19N3O3/c1-4-7-14-13(17)10(3)15-12-6-5-11(16(18)19)8-9(12)2/h5-6,8,10,15H,4,7H2,1-3H3,(H,14,17). The molecule has 0 aliphatic carbocycles. The zero-order valence-corrected chi connectivity index (χ0v) is 11.4. The maximum atomic E-state index is 11.7. The summed E-state index contributed by atoms with van der Waals surface area (Å²) in [6, 6.07) is 4.15. The Hall–Kier alpha value is -2.11. The molecule has 0 aliphatic heterocycles. The molecule has 0 saturated heterocycles. The number of non-ortho nitro benzene ring substituents is 1. The number of nitro groups is 1. The fraction of sp³-hybridized carbons (Fsp3) is 0.462. The van der Waals surface area contributed by atoms with Crippen LogP contribution >= 0.6 is 0 Å². The molecule has 1 amide bonds. The van der Waals surface area contributed by atoms with Crippen molar-refractivity contribution in [1.29, 1.82) is 0 Å². The lowest BCUT2D eigenvalue weighted by molar-refractivity contribution is -0.384. The van der Waals surface area contributed by atoms with Gasteiger partial charge in [0.25, 0.3) is 5.69 Å². The van der Waals surface area contributed by atoms with Gasteiger partial charge in [0.2, 0.25) is 5.91 Å². The molecule has 19 heavy (non-hydrogen) atoms. The Morgan fingerprint density at radius 3 is 2.68 bits per heavy atom. The highest BCUT2D eigenvalue weighted by Crippen LogP contribution is 2.21. The van der Waals surface area contributed by atoms with Crippen molar-refractivity contribution in [2.24, 2.45) is 0 Å². The third-order valence-corrected chi connectivity index (χ3v) is 2.74. The summed E-state index contributed by atoms with van der Waals surface area (Å²) in [5.74, 6) is -0.0837. The van der Waals surface area contributed by atoms with Crippen LogP contribution in [-0.2, 0) is 4.79 Å². The Balaban J connectivity index is 2.71. The van der Waals surface area contributed by atoms with Crippen molar-refractivity contribution in [2.75, 3.05) is 11.9 Å². The van der Waals surface area contributed by atoms with E-state index in [-0.39, 0.29) is 17.6 Å². The molecule has 0 aliphatic rings. The van der Waals surface area contributed by atoms with Gasteiger partial charge in [-0.25, -0.2) is 0 Å². The molecule has 6 nitrogen and oxygen atoms in total. The molecule has 1 rings (SSSR count). The molecule has 6 heteroatoms. The summed E-state index contributed by atoms with van der Waals surface area (Å²) >= 11 is 0. The largest absolute Gasteiger partial charge is 0.374 e. The zero-order valence-electron chi connectivity index (χ0n) is 11.4. The monoisotopic (exact) mass is 265 g/mol. The van der Waals surface area contributed by atoms with Crippen LogP contribution in [0.1, 0.15) is 25.8 Å². The number of carbonyl (C=O) groups is 1. The first-order valence-electron chi connectivity index (χ1n) is 6.25. The fourth-order valence-electron chi connectivity index (χ4n) is 1.62. The van der Waals surface area contributed by atoms with E-state index in [1.807, 2.05) is 6.92 Å². The molecule has 0 radical (unpaired) electrons. The molecule has 0 bridgehead atoms. The lowest BCUT2D eigenvalue weighted by Crippen LogP contribution is -2.38. The minimum absolute atomic E-state index is 0.0473. The topological polar surface area (TPSA) is 84.3 Å². The Morgan fingerprint density at radius 1 is 1.47 bits per heavy atom. The van der Waals surface area contributed by atoms with Gasteiger partial charge in [-0.3, -0.25) is 14.9 Å². The predicted octanol–water partition coefficient (Wildman–Crippen LogP) is 2.23. The van der Waals surface area contributed by atoms with E-state index in [0.717, 1.165) is 17.7 Å². The molecule has 0 heterocycles. The quantitative estimate of drug-likeness (QED) is 0.610. The third-order valence-electron chi connectivity index (χ3n) is 2.74. The van der Waals surface area contributed by atoms with E-state index in [1.54, 1.807) is 19.9 Å². The summed E-state index contributed by atoms with van der Waals surface area (Å²) < 4.78 is 0. The smallest absolute Gasteiger partial charge is 0.269 e. The van der Waals surface area contributed by atoms with Crippen LogP contribution in [0.15, 0.2) is 18.2 Å². The SMILES string of the molecule is CCCNC(=O)C(C)Nc1ccc([N+](=O)[O-])cc1C. The average Bonchev–Trinajstić information content (AvgIpc) is 2.37. The molecule has 104 valence electrons. The van der Waals surface area contributed by atoms with E-state index < -0.39 is 4.92 Å². The molecule has 0 fully saturated rings. The van der Waals surface area contributed by atoms with Gasteiger partial charge in [0.15, 0.2) is 0 Å². The second kappa shape index (κ2) is 6.72. The summed E-state index contributed by atoms with van der Waals surface area (Å²) in [4.78, 5) is 21.9. The number of nitrogens with one attached hydrogen (secondary N) is 2. The van der Waals surface area contributed by atoms with E-state index in [1.165, 1.54) is 12.1 Å². The molecule has 1 unspecified atom stereocenters. The molecule has 2 N–H and O–H groups in total. The minimum Gasteiger partial charge on any atom is -0.374 e. The van der Waals surface area contributed by atoms with Crippen LogP contribution in [0.2, 0.25) is 0 Å². The van der Waals surface area contributed by atoms with Crippen LogP contribution < -0.4 is 10.6 Å². The average molecular weight is 265 g/mol. The minimum atomic E-state index is -0.436. The van der Waals surface area contributed by atoms with Crippen molar-refractivity contribution < 1.29 is 9.72 Å². The van der Waals surface area contributed by atoms with Gasteiger partial charge in [0, 0.05) is 24.4 Å². The van der Waals surface area contributed by atoms with Crippen molar-refractivity contribution in [3.05, 3.63) is 33.9 Å². The molecule has 0 aromatic heterocycles. The summed E-state index contributed by atoms with van der Waals surface area (Å²) in [6.45, 7) is 6.15. The van der Waals surface area contributed by atoms with Crippen molar-refractivity contribution >= 4 is 17.3 Å². The molecule has 1 atom stereocenters. The van der Waals surface area contributed by atoms with Gasteiger partial charge >= 0.3 is 0 Å². The normalized spacial score (nSPS) is 11.7. The summed E-state index contributed by atoms with van der Waals surface area (Å²) in [5, 5.41) is 16.5. The summed E-state index contributed by atoms with van der Waals surface area (Å²) in [6.07, 6.45) is 0.884. The van der Waals surface area contributed by atoms with Crippen LogP contribution in [0.25, 0.3) is 0 Å². The first kappa shape index (κ1) is 14.9. The van der Waals surface area contributed by atoms with Crippen molar-refractivity contribution in [1.82, 2.24) is 5.32 Å². The lowest BCUT2D eigenvalue weighted by Gasteiger charge is -2.16. The summed E-state index contributed by atoms with van der Waals surface area (Å²) in [7, 11) is 0. The number of nitrogens with zero attached hydrogens (tertiary/aromatic N) is 1. The molecule has 1 aromatic rings. The Morgan fingerprint density at radius 2 is 2.16 bits per heavy atom. The van der Waals surface area contributed by atoms with Crippen molar-refractivity contribution in [3.63, 3.8) is 0 Å². The maximum absolute atomic E-state index is 11.7. The molecule has 1 aromatic carbocycles. The lowest BCUT2D eigenvalue weighted by atomic mass is 10.1. The molecule has 0 saturated carbocycles. The second-order valence-electron chi connectivity index (χ2n) is 4.41. The number of rotatable bonds is 6. The summed E-state index contributed by atoms with van der Waals surface area (Å²) in [5.41, 5.74) is 1.51. The molecule has 0 spiro atoms. The van der Waals surface area contributed by atoms with Crippen LogP contribution in [0.3, 0.4) is 0 Å². The van der Waals surface area contributed by atoms with Gasteiger partial charge in [-0.2, -0.15) is 0 Å². The van der Waals surface area contributed by atoms with Gasteiger partial charge < -0.3 is 10.6 Å². The van der Waals surface area contributed by atoms with Crippen LogP contribution in [0.4, 0.5) is 11.4 Å².